The van der Waals surface area contributed by atoms with Crippen LogP contribution in [0.25, 0.3) is 0 Å². The molecule has 6 nitrogen and oxygen atoms in total. The van der Waals surface area contributed by atoms with Gasteiger partial charge >= 0.3 is 26.2 Å². The molecule has 2 aliphatic carbocycles. The van der Waals surface area contributed by atoms with Crippen molar-refractivity contribution in [3.63, 3.8) is 0 Å². The molecule has 325 valence electrons. The van der Waals surface area contributed by atoms with E-state index in [1.54, 1.807) is 7.11 Å². The summed E-state index contributed by atoms with van der Waals surface area (Å²) in [5.74, 6) is 2.92. The molecule has 5 aromatic carbocycles. The summed E-state index contributed by atoms with van der Waals surface area (Å²) in [6.45, 7) is 15.6. The van der Waals surface area contributed by atoms with Gasteiger partial charge in [-0.25, -0.2) is 0 Å². The van der Waals surface area contributed by atoms with E-state index in [0.717, 1.165) is 48.0 Å². The van der Waals surface area contributed by atoms with E-state index in [1.165, 1.54) is 98.0 Å². The molecular formula is C55H69N5OZr-. The molecule has 0 unspecified atom stereocenters. The molecule has 0 amide bonds. The minimum absolute atomic E-state index is 0. The molecule has 5 aromatic rings. The number of para-hydroxylation sites is 2. The predicted molar refractivity (Wildman–Crippen MR) is 261 cm³/mol. The average Bonchev–Trinajstić information content (AvgIpc) is 3.71. The Kier molecular flexibility index (Phi) is 21.3. The standard InChI is InChI=1S/C21H31N2.C20H24N3O.2C7H7.Zr/c1-23(20-15-9-4-10-16-20)21(17-18-11-5-2-6-12-18)22-19-13-7-3-8-14-19;1-14-12-15(2)19(16(3)13-14)23-11-10-22(20(23)21-4)17-8-6-7-9-18(17)24-5;2*1-7-5-3-2-4-6-7;/h2,5-6,11-12,19-20H,1,3-4,7-10,13-17H2;6-9,12-13H,4,10-11H2,1-3,5H3;2*2-6H,1H2;/q4*-1;+3. The number of methoxy groups -OCH3 is 1. The Morgan fingerprint density at radius 2 is 1.15 bits per heavy atom. The summed E-state index contributed by atoms with van der Waals surface area (Å²) in [5, 5.41) is 0. The number of aryl methyl sites for hydroxylation is 3. The molecule has 62 heavy (non-hydrogen) atoms. The van der Waals surface area contributed by atoms with Gasteiger partial charge in [-0.3, -0.25) is 12.0 Å². The fraction of sp³-hybridized carbons (Fsp3) is 0.345. The molecule has 3 fully saturated rings. The van der Waals surface area contributed by atoms with Crippen LogP contribution >= 0.6 is 0 Å². The van der Waals surface area contributed by atoms with Crippen LogP contribution in [0.2, 0.25) is 0 Å². The molecular weight excluding hydrogens is 838 g/mol. The molecule has 1 saturated heterocycles. The molecule has 0 N–H and O–H groups in total. The van der Waals surface area contributed by atoms with Crippen molar-refractivity contribution in [1.82, 2.24) is 4.90 Å². The molecule has 0 spiro atoms. The third-order valence-electron chi connectivity index (χ3n) is 11.6. The third-order valence-corrected chi connectivity index (χ3v) is 11.6. The maximum absolute atomic E-state index is 5.52. The van der Waals surface area contributed by atoms with Gasteiger partial charge in [0.1, 0.15) is 5.75 Å². The summed E-state index contributed by atoms with van der Waals surface area (Å²) in [6.07, 6.45) is 14.2. The summed E-state index contributed by atoms with van der Waals surface area (Å²) in [5.41, 5.74) is 9.54. The van der Waals surface area contributed by atoms with Crippen LogP contribution in [0.4, 0.5) is 11.4 Å². The second kappa shape index (κ2) is 26.6. The minimum Gasteiger partial charge on any atom is -0.511 e. The zero-order chi connectivity index (χ0) is 43.4. The molecule has 1 heterocycles. The largest absolute Gasteiger partial charge is 3.00 e. The number of aliphatic imine (C=N–C) groups is 2. The van der Waals surface area contributed by atoms with Crippen molar-refractivity contribution in [2.45, 2.75) is 103 Å². The second-order valence-electron chi connectivity index (χ2n) is 16.4. The Morgan fingerprint density at radius 3 is 1.65 bits per heavy atom. The number of hydrogen-bond donors (Lipinski definition) is 0. The number of guanidine groups is 1. The van der Waals surface area contributed by atoms with Crippen molar-refractivity contribution in [2.75, 3.05) is 30.0 Å². The van der Waals surface area contributed by atoms with Gasteiger partial charge < -0.3 is 24.4 Å². The van der Waals surface area contributed by atoms with E-state index in [0.29, 0.717) is 12.1 Å². The molecule has 0 aromatic heterocycles. The average molecular weight is 907 g/mol. The molecule has 1 radical (unpaired) electrons. The molecule has 0 atom stereocenters. The van der Waals surface area contributed by atoms with Crippen molar-refractivity contribution in [2.24, 2.45) is 9.98 Å². The Labute approximate surface area is 394 Å². The van der Waals surface area contributed by atoms with E-state index in [9.17, 15) is 0 Å². The van der Waals surface area contributed by atoms with Crippen LogP contribution in [0.1, 0.15) is 97.6 Å². The number of ether oxygens (including phenoxy) is 1. The van der Waals surface area contributed by atoms with Crippen LogP contribution in [-0.2, 0) is 32.6 Å². The normalized spacial score (nSPS) is 16.1. The monoisotopic (exact) mass is 905 g/mol. The van der Waals surface area contributed by atoms with E-state index in [-0.39, 0.29) is 26.2 Å². The summed E-state index contributed by atoms with van der Waals surface area (Å²) in [7, 11) is 9.94. The van der Waals surface area contributed by atoms with Crippen LogP contribution in [0.3, 0.4) is 0 Å². The fourth-order valence-corrected chi connectivity index (χ4v) is 8.59. The maximum Gasteiger partial charge on any atom is 3.00 e. The van der Waals surface area contributed by atoms with Gasteiger partial charge in [0.05, 0.1) is 30.6 Å². The Balaban J connectivity index is 0.000000205. The maximum atomic E-state index is 5.52. The van der Waals surface area contributed by atoms with Crippen LogP contribution in [0.5, 0.6) is 5.75 Å². The van der Waals surface area contributed by atoms with Gasteiger partial charge in [-0.2, -0.15) is 56.3 Å². The van der Waals surface area contributed by atoms with Crippen molar-refractivity contribution in [3.8, 4) is 5.75 Å². The van der Waals surface area contributed by atoms with Crippen LogP contribution in [0, 0.1) is 48.7 Å². The summed E-state index contributed by atoms with van der Waals surface area (Å²) in [6, 6.07) is 44.1. The SMILES string of the molecule is [CH2-]N(C(Cc1ccccc1)=NC1CCCCC1)C1CCCCC1.[CH2-]N=C1N(c2ccccc2OC)CCN1c1c(C)cc(C)cc1C.[CH2-]c1ccccc1.[CH2-]c1ccccc1.[Zr+3]. The van der Waals surface area contributed by atoms with E-state index in [4.69, 9.17) is 9.73 Å². The summed E-state index contributed by atoms with van der Waals surface area (Å²) >= 11 is 0. The van der Waals surface area contributed by atoms with Gasteiger partial charge in [-0.1, -0.05) is 111 Å². The Morgan fingerprint density at radius 1 is 0.661 bits per heavy atom. The van der Waals surface area contributed by atoms with Gasteiger partial charge in [0.2, 0.25) is 0 Å². The topological polar surface area (TPSA) is 43.7 Å². The van der Waals surface area contributed by atoms with Crippen molar-refractivity contribution < 1.29 is 30.9 Å². The predicted octanol–water partition coefficient (Wildman–Crippen LogP) is 13.2. The first kappa shape index (κ1) is 49.8. The van der Waals surface area contributed by atoms with Crippen LogP contribution < -0.4 is 14.5 Å². The van der Waals surface area contributed by atoms with Crippen molar-refractivity contribution in [3.05, 3.63) is 189 Å². The number of nitrogens with zero attached hydrogens (tertiary/aromatic N) is 5. The van der Waals surface area contributed by atoms with E-state index >= 15 is 0 Å². The zero-order valence-corrected chi connectivity index (χ0v) is 40.4. The minimum atomic E-state index is 0. The number of anilines is 2. The van der Waals surface area contributed by atoms with E-state index < -0.39 is 0 Å². The van der Waals surface area contributed by atoms with Crippen molar-refractivity contribution in [1.29, 1.82) is 0 Å². The molecule has 3 aliphatic rings. The number of rotatable bonds is 7. The molecule has 2 saturated carbocycles. The van der Waals surface area contributed by atoms with Gasteiger partial charge in [0, 0.05) is 31.2 Å². The first-order valence-corrected chi connectivity index (χ1v) is 22.2. The molecule has 8 rings (SSSR count). The van der Waals surface area contributed by atoms with E-state index in [2.05, 4.69) is 117 Å². The van der Waals surface area contributed by atoms with Crippen LogP contribution in [0.15, 0.2) is 137 Å². The smallest absolute Gasteiger partial charge is 0.511 e. The van der Waals surface area contributed by atoms with E-state index in [1.807, 2.05) is 78.9 Å². The molecule has 0 bridgehead atoms. The van der Waals surface area contributed by atoms with Gasteiger partial charge in [0.15, 0.2) is 0 Å². The van der Waals surface area contributed by atoms with Gasteiger partial charge in [-0.05, 0) is 75.3 Å². The number of amidine groups is 1. The summed E-state index contributed by atoms with van der Waals surface area (Å²) in [4.78, 5) is 16.2. The Bertz CT molecular complexity index is 2010. The third kappa shape index (κ3) is 15.2. The molecule has 1 aliphatic heterocycles. The first-order valence-electron chi connectivity index (χ1n) is 22.2. The van der Waals surface area contributed by atoms with Crippen LogP contribution in [-0.4, -0.2) is 49.0 Å². The zero-order valence-electron chi connectivity index (χ0n) is 37.9. The van der Waals surface area contributed by atoms with Crippen molar-refractivity contribution >= 4 is 23.2 Å². The summed E-state index contributed by atoms with van der Waals surface area (Å²) < 4.78 is 5.52. The first-order chi connectivity index (χ1) is 29.7. The quantitative estimate of drug-likeness (QED) is 0.0927. The number of benzene rings is 5. The number of hydrogen-bond acceptors (Lipinski definition) is 3. The Hall–Kier alpha value is -4.87. The van der Waals surface area contributed by atoms with Gasteiger partial charge in [-0.15, -0.1) is 24.3 Å². The second-order valence-corrected chi connectivity index (χ2v) is 16.4. The molecule has 7 heteroatoms. The van der Waals surface area contributed by atoms with Gasteiger partial charge in [0.25, 0.3) is 0 Å². The fourth-order valence-electron chi connectivity index (χ4n) is 8.59.